The Kier molecular flexibility index (Phi) is 4.41. The van der Waals surface area contributed by atoms with Crippen molar-refractivity contribution in [2.45, 2.75) is 12.4 Å². The Bertz CT molecular complexity index is 817. The summed E-state index contributed by atoms with van der Waals surface area (Å²) in [5.74, 6) is -2.34. The summed E-state index contributed by atoms with van der Waals surface area (Å²) in [5.41, 5.74) is -0.977. The molecule has 0 fully saturated rings. The van der Waals surface area contributed by atoms with E-state index in [0.717, 1.165) is 35.2 Å². The van der Waals surface area contributed by atoms with E-state index >= 15 is 0 Å². The summed E-state index contributed by atoms with van der Waals surface area (Å²) in [5, 5.41) is 17.8. The van der Waals surface area contributed by atoms with Crippen molar-refractivity contribution in [2.75, 3.05) is 4.90 Å². The van der Waals surface area contributed by atoms with Crippen molar-refractivity contribution >= 4 is 11.7 Å². The molecule has 0 spiro atoms. The third-order valence-electron chi connectivity index (χ3n) is 3.78. The van der Waals surface area contributed by atoms with E-state index in [-0.39, 0.29) is 17.3 Å². The average molecular weight is 377 g/mol. The van der Waals surface area contributed by atoms with Crippen LogP contribution in [0, 0.1) is 16.7 Å². The lowest BCUT2D eigenvalue weighted by molar-refractivity contribution is -0.306. The van der Waals surface area contributed by atoms with Gasteiger partial charge in [-0.25, -0.2) is 4.79 Å². The van der Waals surface area contributed by atoms with Gasteiger partial charge in [-0.3, -0.25) is 0 Å². The van der Waals surface area contributed by atoms with Crippen LogP contribution in [0.3, 0.4) is 0 Å². The number of carboxylic acids is 1. The molecular formula is C15H9F6N3O2. The van der Waals surface area contributed by atoms with Crippen molar-refractivity contribution in [2.24, 2.45) is 11.1 Å². The lowest BCUT2D eigenvalue weighted by Crippen LogP contribution is -2.53. The molecule has 1 heterocycles. The van der Waals surface area contributed by atoms with Crippen LogP contribution in [0.2, 0.25) is 0 Å². The number of nitrogens with zero attached hydrogens (tertiary/aromatic N) is 2. The van der Waals surface area contributed by atoms with Gasteiger partial charge < -0.3 is 15.7 Å². The SMILES string of the molecule is N#CC1=C(N)N(c2ccc(C(=O)O)cc2)C=CC1(C(F)(F)F)C(F)(F)F. The molecule has 0 saturated heterocycles. The van der Waals surface area contributed by atoms with Crippen molar-refractivity contribution in [1.29, 1.82) is 5.26 Å². The van der Waals surface area contributed by atoms with Crippen LogP contribution >= 0.6 is 0 Å². The van der Waals surface area contributed by atoms with Crippen LogP contribution in [-0.2, 0) is 0 Å². The van der Waals surface area contributed by atoms with E-state index in [2.05, 4.69) is 0 Å². The number of alkyl halides is 6. The minimum atomic E-state index is -5.85. The zero-order valence-corrected chi connectivity index (χ0v) is 12.6. The van der Waals surface area contributed by atoms with Crippen LogP contribution in [-0.4, -0.2) is 23.4 Å². The number of aromatic carboxylic acids is 1. The molecule has 1 aromatic rings. The zero-order valence-electron chi connectivity index (χ0n) is 12.6. The Balaban J connectivity index is 2.63. The molecule has 0 radical (unpaired) electrons. The number of nitriles is 1. The van der Waals surface area contributed by atoms with E-state index < -0.39 is 35.1 Å². The summed E-state index contributed by atoms with van der Waals surface area (Å²) >= 11 is 0. The van der Waals surface area contributed by atoms with Crippen molar-refractivity contribution in [1.82, 2.24) is 0 Å². The maximum Gasteiger partial charge on any atom is 0.411 e. The first-order chi connectivity index (χ1) is 11.9. The highest BCUT2D eigenvalue weighted by Crippen LogP contribution is 2.57. The number of halogens is 6. The first kappa shape index (κ1) is 19.2. The lowest BCUT2D eigenvalue weighted by atomic mass is 9.77. The molecule has 0 aliphatic carbocycles. The molecule has 0 atom stereocenters. The first-order valence-corrected chi connectivity index (χ1v) is 6.72. The number of benzene rings is 1. The highest BCUT2D eigenvalue weighted by Gasteiger charge is 2.73. The maximum absolute atomic E-state index is 13.3. The van der Waals surface area contributed by atoms with Gasteiger partial charge in [-0.1, -0.05) is 0 Å². The Morgan fingerprint density at radius 1 is 1.12 bits per heavy atom. The van der Waals surface area contributed by atoms with Gasteiger partial charge in [0.15, 0.2) is 0 Å². The van der Waals surface area contributed by atoms with Gasteiger partial charge in [0, 0.05) is 11.9 Å². The molecule has 1 aliphatic heterocycles. The molecular weight excluding hydrogens is 368 g/mol. The second-order valence-electron chi connectivity index (χ2n) is 5.21. The predicted octanol–water partition coefficient (Wildman–Crippen LogP) is 3.52. The summed E-state index contributed by atoms with van der Waals surface area (Å²) < 4.78 is 79.7. The Morgan fingerprint density at radius 2 is 1.62 bits per heavy atom. The highest BCUT2D eigenvalue weighted by molar-refractivity contribution is 5.88. The third-order valence-corrected chi connectivity index (χ3v) is 3.78. The molecule has 5 nitrogen and oxygen atoms in total. The van der Waals surface area contributed by atoms with Crippen molar-refractivity contribution in [3.8, 4) is 6.07 Å². The van der Waals surface area contributed by atoms with E-state index in [4.69, 9.17) is 16.1 Å². The van der Waals surface area contributed by atoms with Crippen molar-refractivity contribution in [3.05, 3.63) is 53.5 Å². The number of rotatable bonds is 2. The fraction of sp³-hybridized carbons (Fsp3) is 0.200. The van der Waals surface area contributed by atoms with Gasteiger partial charge >= 0.3 is 18.3 Å². The van der Waals surface area contributed by atoms with Crippen LogP contribution in [0.5, 0.6) is 0 Å². The average Bonchev–Trinajstić information content (AvgIpc) is 2.52. The molecule has 3 N–H and O–H groups in total. The van der Waals surface area contributed by atoms with Gasteiger partial charge in [0.25, 0.3) is 0 Å². The second kappa shape index (κ2) is 5.98. The van der Waals surface area contributed by atoms with Gasteiger partial charge in [0.1, 0.15) is 11.9 Å². The van der Waals surface area contributed by atoms with Crippen LogP contribution in [0.15, 0.2) is 47.9 Å². The molecule has 2 rings (SSSR count). The largest absolute Gasteiger partial charge is 0.478 e. The van der Waals surface area contributed by atoms with E-state index in [1.807, 2.05) is 0 Å². The summed E-state index contributed by atoms with van der Waals surface area (Å²) in [6, 6.07) is 5.34. The number of anilines is 1. The molecule has 1 aromatic carbocycles. The predicted molar refractivity (Wildman–Crippen MR) is 76.4 cm³/mol. The Labute approximate surface area is 142 Å². The van der Waals surface area contributed by atoms with Crippen molar-refractivity contribution in [3.63, 3.8) is 0 Å². The van der Waals surface area contributed by atoms with E-state index in [1.165, 1.54) is 0 Å². The lowest BCUT2D eigenvalue weighted by Gasteiger charge is -2.39. The molecule has 0 saturated carbocycles. The monoisotopic (exact) mass is 377 g/mol. The van der Waals surface area contributed by atoms with Gasteiger partial charge in [-0.05, 0) is 30.3 Å². The van der Waals surface area contributed by atoms with Crippen LogP contribution in [0.1, 0.15) is 10.4 Å². The molecule has 0 bridgehead atoms. The van der Waals surface area contributed by atoms with Crippen molar-refractivity contribution < 1.29 is 36.2 Å². The highest BCUT2D eigenvalue weighted by atomic mass is 19.4. The normalized spacial score (nSPS) is 17.2. The minimum absolute atomic E-state index is 0.0190. The second-order valence-corrected chi connectivity index (χ2v) is 5.21. The number of allylic oxidation sites excluding steroid dienone is 2. The fourth-order valence-electron chi connectivity index (χ4n) is 2.44. The third kappa shape index (κ3) is 2.73. The molecule has 11 heteroatoms. The van der Waals surface area contributed by atoms with E-state index in [0.29, 0.717) is 6.20 Å². The molecule has 1 aliphatic rings. The van der Waals surface area contributed by atoms with Gasteiger partial charge in [-0.2, -0.15) is 31.6 Å². The number of carboxylic acid groups (broad SMARTS) is 1. The van der Waals surface area contributed by atoms with E-state index in [1.54, 1.807) is 0 Å². The molecule has 26 heavy (non-hydrogen) atoms. The van der Waals surface area contributed by atoms with Gasteiger partial charge in [0.05, 0.1) is 11.1 Å². The summed E-state index contributed by atoms with van der Waals surface area (Å²) in [7, 11) is 0. The molecule has 0 aromatic heterocycles. The maximum atomic E-state index is 13.3. The van der Waals surface area contributed by atoms with Gasteiger partial charge in [0.2, 0.25) is 5.41 Å². The minimum Gasteiger partial charge on any atom is -0.478 e. The van der Waals surface area contributed by atoms with Crippen LogP contribution in [0.4, 0.5) is 32.0 Å². The first-order valence-electron chi connectivity index (χ1n) is 6.72. The molecule has 0 amide bonds. The topological polar surface area (TPSA) is 90.4 Å². The van der Waals surface area contributed by atoms with Crippen LogP contribution < -0.4 is 10.6 Å². The number of nitrogens with two attached hydrogens (primary N) is 1. The number of carbonyl (C=O) groups is 1. The summed E-state index contributed by atoms with van der Waals surface area (Å²) in [4.78, 5) is 11.5. The van der Waals surface area contributed by atoms with E-state index in [9.17, 15) is 31.1 Å². The smallest absolute Gasteiger partial charge is 0.411 e. The Morgan fingerprint density at radius 3 is 2.00 bits per heavy atom. The van der Waals surface area contributed by atoms with Gasteiger partial charge in [-0.15, -0.1) is 0 Å². The number of hydrogen-bond donors (Lipinski definition) is 2. The number of hydrogen-bond acceptors (Lipinski definition) is 4. The molecule has 0 unspecified atom stereocenters. The zero-order chi connectivity index (χ0) is 19.9. The quantitative estimate of drug-likeness (QED) is 0.770. The summed E-state index contributed by atoms with van der Waals surface area (Å²) in [6.45, 7) is 0. The summed E-state index contributed by atoms with van der Waals surface area (Å²) in [6.07, 6.45) is -11.4. The standard InChI is InChI=1S/C15H9F6N3O2/c16-14(17,18)13(15(19,20)21)5-6-24(11(23)10(13)7-22)9-3-1-8(2-4-9)12(25)26/h1-6H,23H2,(H,25,26). The Hall–Kier alpha value is -3.16. The molecule has 138 valence electrons. The van der Waals surface area contributed by atoms with Crippen LogP contribution in [0.25, 0.3) is 0 Å². The fourth-order valence-corrected chi connectivity index (χ4v) is 2.44.